The van der Waals surface area contributed by atoms with Crippen LogP contribution in [-0.2, 0) is 6.42 Å². The topological polar surface area (TPSA) is 76.7 Å². The van der Waals surface area contributed by atoms with Gasteiger partial charge in [0.1, 0.15) is 18.0 Å². The Hall–Kier alpha value is -2.69. The third-order valence-electron chi connectivity index (χ3n) is 3.20. The summed E-state index contributed by atoms with van der Waals surface area (Å²) in [7, 11) is 0. The molecule has 3 N–H and O–H groups in total. The summed E-state index contributed by atoms with van der Waals surface area (Å²) in [5.41, 5.74) is 8.73. The van der Waals surface area contributed by atoms with E-state index in [1.165, 1.54) is 6.33 Å². The van der Waals surface area contributed by atoms with E-state index in [0.717, 1.165) is 34.4 Å². The lowest BCUT2D eigenvalue weighted by Gasteiger charge is -2.11. The van der Waals surface area contributed by atoms with Gasteiger partial charge < -0.3 is 11.1 Å². The van der Waals surface area contributed by atoms with E-state index in [1.54, 1.807) is 6.20 Å². The first kappa shape index (κ1) is 12.3. The van der Waals surface area contributed by atoms with Crippen LogP contribution >= 0.6 is 0 Å². The molecule has 0 bridgehead atoms. The number of anilines is 3. The average Bonchev–Trinajstić information content (AvgIpc) is 2.47. The van der Waals surface area contributed by atoms with Crippen LogP contribution in [0.2, 0.25) is 0 Å². The molecule has 100 valence electrons. The van der Waals surface area contributed by atoms with Gasteiger partial charge in [-0.1, -0.05) is 13.0 Å². The second kappa shape index (κ2) is 5.13. The summed E-state index contributed by atoms with van der Waals surface area (Å²) in [6.07, 6.45) is 4.04. The molecule has 1 aromatic carbocycles. The van der Waals surface area contributed by atoms with Crippen LogP contribution in [0, 0.1) is 0 Å². The van der Waals surface area contributed by atoms with E-state index in [2.05, 4.69) is 20.3 Å². The molecule has 3 rings (SSSR count). The fourth-order valence-electron chi connectivity index (χ4n) is 2.17. The number of nitrogens with zero attached hydrogens (tertiary/aromatic N) is 3. The number of hydrogen-bond acceptors (Lipinski definition) is 5. The van der Waals surface area contributed by atoms with Gasteiger partial charge in [0.15, 0.2) is 0 Å². The lowest BCUT2D eigenvalue weighted by molar-refractivity contribution is 1.06. The molecular weight excluding hydrogens is 250 g/mol. The van der Waals surface area contributed by atoms with Crippen molar-refractivity contribution in [2.75, 3.05) is 11.1 Å². The molecule has 0 saturated heterocycles. The van der Waals surface area contributed by atoms with Crippen molar-refractivity contribution in [3.63, 3.8) is 0 Å². The molecule has 0 saturated carbocycles. The Morgan fingerprint density at radius 2 is 2.05 bits per heavy atom. The highest BCUT2D eigenvalue weighted by molar-refractivity contribution is 5.83. The van der Waals surface area contributed by atoms with E-state index in [9.17, 15) is 0 Å². The van der Waals surface area contributed by atoms with Gasteiger partial charge in [0.25, 0.3) is 0 Å². The van der Waals surface area contributed by atoms with E-state index in [-0.39, 0.29) is 0 Å². The van der Waals surface area contributed by atoms with Gasteiger partial charge in [0.2, 0.25) is 0 Å². The third-order valence-corrected chi connectivity index (χ3v) is 3.20. The van der Waals surface area contributed by atoms with Crippen molar-refractivity contribution >= 4 is 28.2 Å². The molecule has 3 aromatic rings. The second-order valence-electron chi connectivity index (χ2n) is 4.48. The highest BCUT2D eigenvalue weighted by Gasteiger charge is 2.07. The maximum atomic E-state index is 5.87. The molecule has 0 unspecified atom stereocenters. The van der Waals surface area contributed by atoms with Crippen LogP contribution in [0.25, 0.3) is 10.9 Å². The summed E-state index contributed by atoms with van der Waals surface area (Å²) in [5.74, 6) is 1.27. The molecule has 0 radical (unpaired) electrons. The fourth-order valence-corrected chi connectivity index (χ4v) is 2.17. The highest BCUT2D eigenvalue weighted by atomic mass is 15.0. The number of fused-ring (bicyclic) bond motifs is 1. The molecule has 0 atom stereocenters. The summed E-state index contributed by atoms with van der Waals surface area (Å²) in [6.45, 7) is 2.03. The maximum Gasteiger partial charge on any atom is 0.139 e. The van der Waals surface area contributed by atoms with Crippen molar-refractivity contribution in [1.29, 1.82) is 0 Å². The van der Waals surface area contributed by atoms with Gasteiger partial charge in [-0.25, -0.2) is 9.97 Å². The molecule has 0 aliphatic rings. The number of benzene rings is 1. The molecule has 5 nitrogen and oxygen atoms in total. The van der Waals surface area contributed by atoms with E-state index in [1.807, 2.05) is 37.3 Å². The van der Waals surface area contributed by atoms with Crippen LogP contribution in [0.1, 0.15) is 12.5 Å². The van der Waals surface area contributed by atoms with Crippen molar-refractivity contribution in [2.45, 2.75) is 13.3 Å². The summed E-state index contributed by atoms with van der Waals surface area (Å²) in [6, 6.07) is 9.95. The van der Waals surface area contributed by atoms with E-state index < -0.39 is 0 Å². The lowest BCUT2D eigenvalue weighted by atomic mass is 10.2. The largest absolute Gasteiger partial charge is 0.383 e. The molecule has 20 heavy (non-hydrogen) atoms. The number of rotatable bonds is 3. The normalized spacial score (nSPS) is 10.7. The van der Waals surface area contributed by atoms with Crippen LogP contribution in [0.5, 0.6) is 0 Å². The Bertz CT molecular complexity index is 754. The minimum Gasteiger partial charge on any atom is -0.383 e. The summed E-state index contributed by atoms with van der Waals surface area (Å²) in [5, 5.41) is 4.38. The van der Waals surface area contributed by atoms with Crippen LogP contribution in [0.3, 0.4) is 0 Å². The van der Waals surface area contributed by atoms with Gasteiger partial charge in [-0.3, -0.25) is 4.98 Å². The lowest BCUT2D eigenvalue weighted by Crippen LogP contribution is -2.04. The van der Waals surface area contributed by atoms with Crippen molar-refractivity contribution in [3.05, 3.63) is 48.4 Å². The Morgan fingerprint density at radius 3 is 2.90 bits per heavy atom. The molecule has 5 heteroatoms. The van der Waals surface area contributed by atoms with Gasteiger partial charge in [0.05, 0.1) is 5.52 Å². The molecule has 0 aliphatic carbocycles. The van der Waals surface area contributed by atoms with Crippen LogP contribution < -0.4 is 11.1 Å². The van der Waals surface area contributed by atoms with Crippen molar-refractivity contribution in [3.8, 4) is 0 Å². The van der Waals surface area contributed by atoms with Crippen molar-refractivity contribution in [2.24, 2.45) is 0 Å². The van der Waals surface area contributed by atoms with E-state index >= 15 is 0 Å². The number of nitrogen functional groups attached to an aromatic ring is 1. The number of nitrogens with two attached hydrogens (primary N) is 1. The minimum absolute atomic E-state index is 0.521. The first-order chi connectivity index (χ1) is 9.78. The maximum absolute atomic E-state index is 5.87. The smallest absolute Gasteiger partial charge is 0.139 e. The summed E-state index contributed by atoms with van der Waals surface area (Å²) < 4.78 is 0. The van der Waals surface area contributed by atoms with Gasteiger partial charge in [-0.05, 0) is 30.7 Å². The molecule has 2 aromatic heterocycles. The summed E-state index contributed by atoms with van der Waals surface area (Å²) >= 11 is 0. The Balaban J connectivity index is 1.99. The predicted molar refractivity (Wildman–Crippen MR) is 80.8 cm³/mol. The van der Waals surface area contributed by atoms with Gasteiger partial charge >= 0.3 is 0 Å². The monoisotopic (exact) mass is 265 g/mol. The van der Waals surface area contributed by atoms with Gasteiger partial charge in [-0.2, -0.15) is 0 Å². The van der Waals surface area contributed by atoms with E-state index in [4.69, 9.17) is 5.73 Å². The number of hydrogen-bond donors (Lipinski definition) is 2. The molecule has 0 fully saturated rings. The zero-order valence-corrected chi connectivity index (χ0v) is 11.2. The predicted octanol–water partition coefficient (Wildman–Crippen LogP) is 2.91. The van der Waals surface area contributed by atoms with Gasteiger partial charge in [0, 0.05) is 22.8 Å². The molecule has 2 heterocycles. The molecule has 0 amide bonds. The van der Waals surface area contributed by atoms with Crippen LogP contribution in [0.15, 0.2) is 42.9 Å². The first-order valence-electron chi connectivity index (χ1n) is 6.49. The van der Waals surface area contributed by atoms with Crippen molar-refractivity contribution < 1.29 is 0 Å². The third kappa shape index (κ3) is 2.25. The SMILES string of the molecule is CCc1c(N)ncnc1Nc1ccc2ncccc2c1. The van der Waals surface area contributed by atoms with Crippen LogP contribution in [0.4, 0.5) is 17.3 Å². The number of pyridine rings is 1. The zero-order chi connectivity index (χ0) is 13.9. The summed E-state index contributed by atoms with van der Waals surface area (Å²) in [4.78, 5) is 12.6. The number of nitrogens with one attached hydrogen (secondary N) is 1. The molecule has 0 aliphatic heterocycles. The quantitative estimate of drug-likeness (QED) is 0.761. The van der Waals surface area contributed by atoms with E-state index in [0.29, 0.717) is 5.82 Å². The molecular formula is C15H15N5. The highest BCUT2D eigenvalue weighted by Crippen LogP contribution is 2.24. The van der Waals surface area contributed by atoms with Crippen molar-refractivity contribution in [1.82, 2.24) is 15.0 Å². The van der Waals surface area contributed by atoms with Gasteiger partial charge in [-0.15, -0.1) is 0 Å². The Kier molecular flexibility index (Phi) is 3.16. The zero-order valence-electron chi connectivity index (χ0n) is 11.2. The standard InChI is InChI=1S/C15H15N5/c1-2-12-14(16)18-9-19-15(12)20-11-5-6-13-10(8-11)4-3-7-17-13/h3-9H,2H2,1H3,(H3,16,18,19,20). The minimum atomic E-state index is 0.521. The average molecular weight is 265 g/mol. The Labute approximate surface area is 116 Å². The number of aromatic nitrogens is 3. The molecule has 0 spiro atoms. The second-order valence-corrected chi connectivity index (χ2v) is 4.48. The Morgan fingerprint density at radius 1 is 1.15 bits per heavy atom. The fraction of sp³-hybridized carbons (Fsp3) is 0.133. The first-order valence-corrected chi connectivity index (χ1v) is 6.49. The van der Waals surface area contributed by atoms with Crippen LogP contribution in [-0.4, -0.2) is 15.0 Å².